The molecule has 0 aliphatic heterocycles. The average molecular weight is 1630 g/mol. The molecule has 10 N–H and O–H groups in total. The third-order valence-corrected chi connectivity index (χ3v) is 19.5. The molecule has 118 heavy (non-hydrogen) atoms. The number of carbonyl (C=O) groups excluding carboxylic acids is 5. The van der Waals surface area contributed by atoms with E-state index in [-0.39, 0.29) is 29.5 Å². The van der Waals surface area contributed by atoms with Crippen LogP contribution in [0, 0.1) is 34.6 Å². The summed E-state index contributed by atoms with van der Waals surface area (Å²) in [6.07, 6.45) is 34.7. The Morgan fingerprint density at radius 1 is 0.347 bits per heavy atom. The number of aryl methyl sites for hydroxylation is 5. The smallest absolute Gasteiger partial charge is 0.249 e. The number of fused-ring (bicyclic) bond motifs is 5. The van der Waals surface area contributed by atoms with E-state index >= 15 is 0 Å². The zero-order chi connectivity index (χ0) is 84.1. The van der Waals surface area contributed by atoms with Gasteiger partial charge in [0.1, 0.15) is 28.2 Å². The number of benzene rings is 5. The van der Waals surface area contributed by atoms with Crippen LogP contribution in [0.2, 0.25) is 15.1 Å². The Kier molecular flexibility index (Phi) is 28.7. The van der Waals surface area contributed by atoms with Crippen LogP contribution in [0.5, 0.6) is 0 Å². The molecule has 0 aliphatic rings. The Morgan fingerprint density at radius 2 is 0.610 bits per heavy atom. The van der Waals surface area contributed by atoms with Crippen molar-refractivity contribution >= 4 is 148 Å². The van der Waals surface area contributed by atoms with Crippen LogP contribution in [-0.4, -0.2) is 117 Å². The van der Waals surface area contributed by atoms with Crippen molar-refractivity contribution in [2.75, 3.05) is 54.8 Å². The number of allylic oxidation sites excluding steroid dienone is 2. The van der Waals surface area contributed by atoms with Crippen molar-refractivity contribution < 1.29 is 24.0 Å². The number of pyridine rings is 5. The lowest BCUT2D eigenvalue weighted by molar-refractivity contribution is -0.112. The molecule has 25 heteroatoms. The van der Waals surface area contributed by atoms with Crippen LogP contribution in [0.15, 0.2) is 257 Å². The molecule has 22 nitrogen and oxygen atoms in total. The molecule has 0 spiro atoms. The molecular formula is C93H90Cl3N17O5. The lowest BCUT2D eigenvalue weighted by atomic mass is 10.1. The van der Waals surface area contributed by atoms with Gasteiger partial charge in [-0.15, -0.1) is 0 Å². The van der Waals surface area contributed by atoms with Crippen molar-refractivity contribution in [3.8, 4) is 55.6 Å². The van der Waals surface area contributed by atoms with Gasteiger partial charge in [-0.25, -0.2) is 24.9 Å². The van der Waals surface area contributed by atoms with E-state index in [0.29, 0.717) is 32.1 Å². The van der Waals surface area contributed by atoms with Gasteiger partial charge in [-0.2, -0.15) is 0 Å². The lowest BCUT2D eigenvalue weighted by Gasteiger charge is -2.09. The third-order valence-electron chi connectivity index (χ3n) is 18.5. The molecule has 0 saturated heterocycles. The second-order valence-electron chi connectivity index (χ2n) is 28.0. The number of amides is 5. The molecule has 0 fully saturated rings. The molecular weight excluding hydrogens is 1540 g/mol. The number of rotatable bonds is 19. The third kappa shape index (κ3) is 22.5. The minimum absolute atomic E-state index is 0.112. The number of aromatic amines is 5. The largest absolute Gasteiger partial charge is 0.383 e. The van der Waals surface area contributed by atoms with Gasteiger partial charge in [-0.1, -0.05) is 110 Å². The van der Waals surface area contributed by atoms with Crippen LogP contribution < -0.4 is 26.6 Å². The number of carbonyl (C=O) groups is 5. The molecule has 10 aromatic heterocycles. The Labute approximate surface area is 698 Å². The second-order valence-corrected chi connectivity index (χ2v) is 29.3. The Hall–Kier alpha value is -13.9. The number of H-pyrrole nitrogens is 5. The Morgan fingerprint density at radius 3 is 0.890 bits per heavy atom. The molecule has 10 heterocycles. The molecule has 0 radical (unpaired) electrons. The first-order valence-electron chi connectivity index (χ1n) is 37.8. The van der Waals surface area contributed by atoms with E-state index in [2.05, 4.69) is 127 Å². The fourth-order valence-corrected chi connectivity index (χ4v) is 12.7. The lowest BCUT2D eigenvalue weighted by Crippen LogP contribution is -2.10. The monoisotopic (exact) mass is 1630 g/mol. The van der Waals surface area contributed by atoms with Crippen molar-refractivity contribution in [2.24, 2.45) is 0 Å². The van der Waals surface area contributed by atoms with Gasteiger partial charge in [0.05, 0.1) is 32.1 Å². The van der Waals surface area contributed by atoms with Gasteiger partial charge in [-0.05, 0) is 212 Å². The summed E-state index contributed by atoms with van der Waals surface area (Å²) in [7, 11) is 7.44. The predicted molar refractivity (Wildman–Crippen MR) is 484 cm³/mol. The topological polar surface area (TPSA) is 295 Å². The van der Waals surface area contributed by atoms with E-state index in [1.807, 2.05) is 208 Å². The van der Waals surface area contributed by atoms with Crippen molar-refractivity contribution in [3.05, 3.63) is 300 Å². The first-order chi connectivity index (χ1) is 56.8. The molecule has 598 valence electrons. The van der Waals surface area contributed by atoms with Crippen LogP contribution in [0.1, 0.15) is 54.5 Å². The number of anilines is 5. The summed E-state index contributed by atoms with van der Waals surface area (Å²) in [4.78, 5) is 101. The number of hydrogen-bond acceptors (Lipinski definition) is 12. The van der Waals surface area contributed by atoms with E-state index in [1.54, 1.807) is 60.0 Å². The fraction of sp³-hybridized carbons (Fsp3) is 0.140. The van der Waals surface area contributed by atoms with E-state index in [1.165, 1.54) is 29.9 Å². The van der Waals surface area contributed by atoms with E-state index in [4.69, 9.17) is 34.8 Å². The number of nitrogens with one attached hydrogen (secondary N) is 10. The summed E-state index contributed by atoms with van der Waals surface area (Å²) in [6, 6.07) is 42.6. The van der Waals surface area contributed by atoms with Crippen molar-refractivity contribution in [3.63, 3.8) is 0 Å². The van der Waals surface area contributed by atoms with Crippen LogP contribution >= 0.6 is 34.8 Å². The highest BCUT2D eigenvalue weighted by Gasteiger charge is 2.15. The van der Waals surface area contributed by atoms with Crippen LogP contribution in [0.3, 0.4) is 0 Å². The predicted octanol–water partition coefficient (Wildman–Crippen LogP) is 21.6. The Bertz CT molecular complexity index is 6320. The molecule has 0 saturated carbocycles. The van der Waals surface area contributed by atoms with Crippen molar-refractivity contribution in [1.82, 2.24) is 59.6 Å². The molecule has 0 atom stereocenters. The van der Waals surface area contributed by atoms with Gasteiger partial charge in [0.25, 0.3) is 0 Å². The number of aromatic nitrogens is 10. The van der Waals surface area contributed by atoms with E-state index in [9.17, 15) is 24.0 Å². The summed E-state index contributed by atoms with van der Waals surface area (Å²) in [6.45, 7) is 17.6. The summed E-state index contributed by atoms with van der Waals surface area (Å²) in [5.74, 6) is -0.988. The normalized spacial score (nSPS) is 11.1. The highest BCUT2D eigenvalue weighted by Crippen LogP contribution is 2.36. The standard InChI is InChI=1S/C19H19ClN4O.C19H18ClN3O.C19H20N4O.C19H19N3O.C17H14ClN3O/c1-12-10-21-19-15(12)8-14(11-22-19)13-4-5-16(20)17(9-13)23-18(25)6-7-24(2)3;1-3-4-5-18(24)23-17-9-13(6-7-16(17)20)14-8-15-12(2)10-21-19(15)22-11-14;1-13-11-20-19-17(13)10-15(12-21-19)14-5-4-6-16(9-14)22-18(24)7-8-23(2)3;1-3-4-8-18(23)22-16-7-5-6-14(9-16)15-10-17-13(2)11-20-19(17)21-12-15;1-3-16(22)21-15-7-11(4-5-14(15)18)12-6-13-10(2)8-19-17(13)20-9-12/h4-11H,1-3H3,(H,21,22)(H,23,25);4-11H,3H2,1-2H3,(H,21,22)(H,23,24);4-12H,1-3H3,(H,20,21)(H,22,24);4-12H,3H2,1-2H3,(H,20,21)(H,22,23);3-9H,1H2,2H3,(H,19,20)(H,21,22)/b7-6+;5-4+;8-7+;8-4+;. The molecule has 5 aromatic carbocycles. The quantitative estimate of drug-likeness (QED) is 0.0338. The molecule has 0 unspecified atom stereocenters. The zero-order valence-corrected chi connectivity index (χ0v) is 69.4. The van der Waals surface area contributed by atoms with Crippen molar-refractivity contribution in [1.29, 1.82) is 0 Å². The van der Waals surface area contributed by atoms with Gasteiger partial charge in [-0.3, -0.25) is 24.0 Å². The maximum atomic E-state index is 12.0. The van der Waals surface area contributed by atoms with Crippen LogP contribution in [-0.2, 0) is 24.0 Å². The average Bonchev–Trinajstić information content (AvgIpc) is 1.71. The van der Waals surface area contributed by atoms with Crippen molar-refractivity contribution in [2.45, 2.75) is 61.3 Å². The number of halogens is 3. The molecule has 5 amide bonds. The summed E-state index contributed by atoms with van der Waals surface area (Å²) >= 11 is 18.5. The summed E-state index contributed by atoms with van der Waals surface area (Å²) < 4.78 is 0. The zero-order valence-electron chi connectivity index (χ0n) is 67.1. The number of nitrogens with zero attached hydrogens (tertiary/aromatic N) is 7. The first-order valence-corrected chi connectivity index (χ1v) is 38.9. The van der Waals surface area contributed by atoms with E-state index in [0.717, 1.165) is 157 Å². The highest BCUT2D eigenvalue weighted by atomic mass is 35.5. The maximum Gasteiger partial charge on any atom is 0.249 e. The molecule has 0 bridgehead atoms. The fourth-order valence-electron chi connectivity index (χ4n) is 12.2. The second kappa shape index (κ2) is 39.9. The highest BCUT2D eigenvalue weighted by molar-refractivity contribution is 6.35. The van der Waals surface area contributed by atoms with Crippen LogP contribution in [0.25, 0.3) is 111 Å². The maximum absolute atomic E-state index is 12.0. The van der Waals surface area contributed by atoms with E-state index < -0.39 is 0 Å². The molecule has 15 aromatic rings. The van der Waals surface area contributed by atoms with Gasteiger partial charge in [0, 0.05) is 181 Å². The molecule has 0 aliphatic carbocycles. The molecule has 15 rings (SSSR count). The Balaban J connectivity index is 0.000000145. The van der Waals surface area contributed by atoms with Gasteiger partial charge in [0.15, 0.2) is 0 Å². The van der Waals surface area contributed by atoms with Gasteiger partial charge < -0.3 is 61.3 Å². The summed E-state index contributed by atoms with van der Waals surface area (Å²) in [5.41, 5.74) is 23.1. The van der Waals surface area contributed by atoms with Crippen LogP contribution in [0.4, 0.5) is 28.4 Å². The minimum Gasteiger partial charge on any atom is -0.383 e. The first kappa shape index (κ1) is 85.0. The summed E-state index contributed by atoms with van der Waals surface area (Å²) in [5, 5.41) is 21.0. The van der Waals surface area contributed by atoms with Gasteiger partial charge in [0.2, 0.25) is 29.5 Å². The SMILES string of the molecule is C=CC(=O)Nc1cc(-c2cnc3[nH]cc(C)c3c2)ccc1Cl.CC/C=C/C(=O)Nc1cc(-c2cnc3[nH]cc(C)c3c2)ccc1Cl.CC/C=C/C(=O)Nc1cccc(-c2cnc3[nH]cc(C)c3c2)c1.Cc1c[nH]c2ncc(-c3ccc(Cl)c(NC(=O)/C=C/N(C)C)c3)cc12.Cc1c[nH]c2ncc(-c3cccc(NC(=O)/C=C/N(C)C)c3)cc12. The minimum atomic E-state index is -0.297. The van der Waals surface area contributed by atoms with Gasteiger partial charge >= 0.3 is 0 Å². The number of hydrogen-bond donors (Lipinski definition) is 10.